The van der Waals surface area contributed by atoms with Crippen LogP contribution in [0.3, 0.4) is 0 Å². The van der Waals surface area contributed by atoms with Crippen molar-refractivity contribution in [3.8, 4) is 17.1 Å². The van der Waals surface area contributed by atoms with Crippen molar-refractivity contribution in [3.63, 3.8) is 0 Å². The lowest BCUT2D eigenvalue weighted by molar-refractivity contribution is 0.0734. The van der Waals surface area contributed by atoms with E-state index in [0.717, 1.165) is 24.8 Å². The van der Waals surface area contributed by atoms with Gasteiger partial charge in [0, 0.05) is 18.0 Å². The van der Waals surface area contributed by atoms with Crippen LogP contribution in [0.5, 0.6) is 5.75 Å². The Hall–Kier alpha value is -3.01. The van der Waals surface area contributed by atoms with Gasteiger partial charge in [-0.15, -0.1) is 0 Å². The fraction of sp³-hybridized carbons (Fsp3) is 0.485. The molecule has 2 aromatic carbocycles. The molecular formula is C33H44N2O2. The first-order chi connectivity index (χ1) is 18.1. The number of ether oxygens (including phenoxy) is 1. The molecule has 0 spiro atoms. The van der Waals surface area contributed by atoms with Gasteiger partial charge in [-0.2, -0.15) is 0 Å². The fourth-order valence-electron chi connectivity index (χ4n) is 4.43. The monoisotopic (exact) mass is 500 g/mol. The van der Waals surface area contributed by atoms with Crippen LogP contribution in [0, 0.1) is 5.92 Å². The zero-order valence-electron chi connectivity index (χ0n) is 23.0. The molecule has 0 amide bonds. The highest BCUT2D eigenvalue weighted by molar-refractivity contribution is 5.91. The van der Waals surface area contributed by atoms with Gasteiger partial charge < -0.3 is 4.74 Å². The molecule has 1 atom stereocenters. The van der Waals surface area contributed by atoms with Crippen LogP contribution in [0.4, 0.5) is 0 Å². The summed E-state index contributed by atoms with van der Waals surface area (Å²) in [5.41, 5.74) is 3.84. The second-order valence-electron chi connectivity index (χ2n) is 10.3. The molecule has 0 fully saturated rings. The van der Waals surface area contributed by atoms with Crippen LogP contribution in [0.25, 0.3) is 11.4 Å². The maximum Gasteiger partial charge on any atom is 0.343 e. The minimum absolute atomic E-state index is 0.363. The summed E-state index contributed by atoms with van der Waals surface area (Å²) < 4.78 is 5.56. The molecule has 4 heteroatoms. The highest BCUT2D eigenvalue weighted by Crippen LogP contribution is 2.20. The van der Waals surface area contributed by atoms with Crippen LogP contribution in [0.1, 0.15) is 106 Å². The van der Waals surface area contributed by atoms with Crippen LogP contribution in [0.2, 0.25) is 0 Å². The number of carbonyl (C=O) groups is 1. The van der Waals surface area contributed by atoms with E-state index in [0.29, 0.717) is 23.1 Å². The average molecular weight is 501 g/mol. The second-order valence-corrected chi connectivity index (χ2v) is 10.3. The van der Waals surface area contributed by atoms with E-state index in [2.05, 4.69) is 30.7 Å². The molecule has 3 rings (SSSR count). The summed E-state index contributed by atoms with van der Waals surface area (Å²) in [6.45, 7) is 6.71. The number of carbonyl (C=O) groups excluding carboxylic acids is 1. The van der Waals surface area contributed by atoms with Gasteiger partial charge >= 0.3 is 5.97 Å². The molecule has 37 heavy (non-hydrogen) atoms. The standard InChI is InChI=1S/C33H44N2O2/c1-4-6-7-8-9-10-11-12-13-14-28-24-34-32(35-25-28)29-17-19-30(20-18-29)33(36)37-31-21-15-27(16-22-31)23-26(3)5-2/h15-22,24-26H,4-14,23H2,1-3H3. The number of rotatable bonds is 16. The maximum absolute atomic E-state index is 12.6. The van der Waals surface area contributed by atoms with Crippen molar-refractivity contribution >= 4 is 5.97 Å². The largest absolute Gasteiger partial charge is 0.423 e. The number of nitrogens with zero attached hydrogens (tertiary/aromatic N) is 2. The third kappa shape index (κ3) is 10.1. The Kier molecular flexibility index (Phi) is 12.3. The van der Waals surface area contributed by atoms with E-state index in [1.807, 2.05) is 48.8 Å². The molecule has 0 saturated carbocycles. The molecule has 3 aromatic rings. The molecule has 4 nitrogen and oxygen atoms in total. The normalized spacial score (nSPS) is 11.9. The van der Waals surface area contributed by atoms with Gasteiger partial charge in [-0.05, 0) is 60.6 Å². The lowest BCUT2D eigenvalue weighted by Crippen LogP contribution is -2.08. The number of benzene rings is 2. The molecule has 0 N–H and O–H groups in total. The summed E-state index contributed by atoms with van der Waals surface area (Å²) in [4.78, 5) is 21.7. The quantitative estimate of drug-likeness (QED) is 0.112. The first-order valence-electron chi connectivity index (χ1n) is 14.3. The predicted molar refractivity (Wildman–Crippen MR) is 153 cm³/mol. The first kappa shape index (κ1) is 28.6. The number of esters is 1. The van der Waals surface area contributed by atoms with Crippen molar-refractivity contribution in [1.82, 2.24) is 9.97 Å². The van der Waals surface area contributed by atoms with E-state index < -0.39 is 0 Å². The van der Waals surface area contributed by atoms with E-state index in [4.69, 9.17) is 4.74 Å². The minimum Gasteiger partial charge on any atom is -0.423 e. The van der Waals surface area contributed by atoms with Gasteiger partial charge in [0.15, 0.2) is 5.82 Å². The predicted octanol–water partition coefficient (Wildman–Crippen LogP) is 9.02. The summed E-state index contributed by atoms with van der Waals surface area (Å²) in [6.07, 6.45) is 19.1. The molecular weight excluding hydrogens is 456 g/mol. The van der Waals surface area contributed by atoms with Crippen LogP contribution in [0.15, 0.2) is 60.9 Å². The Morgan fingerprint density at radius 2 is 1.35 bits per heavy atom. The van der Waals surface area contributed by atoms with Crippen LogP contribution < -0.4 is 4.74 Å². The van der Waals surface area contributed by atoms with Crippen LogP contribution in [-0.2, 0) is 12.8 Å². The minimum atomic E-state index is -0.363. The maximum atomic E-state index is 12.6. The van der Waals surface area contributed by atoms with Gasteiger partial charge in [-0.25, -0.2) is 14.8 Å². The summed E-state index contributed by atoms with van der Waals surface area (Å²) in [7, 11) is 0. The third-order valence-electron chi connectivity index (χ3n) is 7.07. The zero-order chi connectivity index (χ0) is 26.3. The smallest absolute Gasteiger partial charge is 0.343 e. The number of unbranched alkanes of at least 4 members (excludes halogenated alkanes) is 8. The Labute approximate surface area is 223 Å². The first-order valence-corrected chi connectivity index (χ1v) is 14.3. The summed E-state index contributed by atoms with van der Waals surface area (Å²) >= 11 is 0. The van der Waals surface area contributed by atoms with Crippen molar-refractivity contribution in [2.45, 2.75) is 97.8 Å². The van der Waals surface area contributed by atoms with E-state index >= 15 is 0 Å². The summed E-state index contributed by atoms with van der Waals surface area (Å²) in [5.74, 6) is 1.52. The SMILES string of the molecule is CCCCCCCCCCCc1cnc(-c2ccc(C(=O)Oc3ccc(CC(C)CC)cc3)cc2)nc1. The summed E-state index contributed by atoms with van der Waals surface area (Å²) in [6, 6.07) is 15.1. The highest BCUT2D eigenvalue weighted by Gasteiger charge is 2.10. The topological polar surface area (TPSA) is 52.1 Å². The molecule has 1 heterocycles. The number of hydrogen-bond donors (Lipinski definition) is 0. The zero-order valence-corrected chi connectivity index (χ0v) is 23.0. The molecule has 0 aliphatic carbocycles. The summed E-state index contributed by atoms with van der Waals surface area (Å²) in [5, 5.41) is 0. The van der Waals surface area contributed by atoms with Crippen molar-refractivity contribution in [2.24, 2.45) is 5.92 Å². The van der Waals surface area contributed by atoms with Gasteiger partial charge in [0.25, 0.3) is 0 Å². The molecule has 198 valence electrons. The Bertz CT molecular complexity index is 1040. The molecule has 1 unspecified atom stereocenters. The number of hydrogen-bond acceptors (Lipinski definition) is 4. The van der Waals surface area contributed by atoms with E-state index in [9.17, 15) is 4.79 Å². The molecule has 0 bridgehead atoms. The van der Waals surface area contributed by atoms with Gasteiger partial charge in [0.2, 0.25) is 0 Å². The van der Waals surface area contributed by atoms with E-state index in [1.165, 1.54) is 68.9 Å². The van der Waals surface area contributed by atoms with Crippen LogP contribution in [-0.4, -0.2) is 15.9 Å². The molecule has 0 radical (unpaired) electrons. The molecule has 1 aromatic heterocycles. The van der Waals surface area contributed by atoms with Gasteiger partial charge in [0.1, 0.15) is 5.75 Å². The highest BCUT2D eigenvalue weighted by atomic mass is 16.5. The van der Waals surface area contributed by atoms with Gasteiger partial charge in [0.05, 0.1) is 5.56 Å². The second kappa shape index (κ2) is 16.0. The third-order valence-corrected chi connectivity index (χ3v) is 7.07. The Balaban J connectivity index is 1.42. The fourth-order valence-corrected chi connectivity index (χ4v) is 4.43. The van der Waals surface area contributed by atoms with Crippen molar-refractivity contribution in [2.75, 3.05) is 0 Å². The van der Waals surface area contributed by atoms with Crippen LogP contribution >= 0.6 is 0 Å². The number of aromatic nitrogens is 2. The van der Waals surface area contributed by atoms with Crippen molar-refractivity contribution in [1.29, 1.82) is 0 Å². The lowest BCUT2D eigenvalue weighted by Gasteiger charge is -2.09. The molecule has 0 saturated heterocycles. The van der Waals surface area contributed by atoms with Gasteiger partial charge in [-0.1, -0.05) is 103 Å². The van der Waals surface area contributed by atoms with E-state index in [-0.39, 0.29) is 5.97 Å². The molecule has 0 aliphatic rings. The van der Waals surface area contributed by atoms with E-state index in [1.54, 1.807) is 12.1 Å². The Morgan fingerprint density at radius 1 is 0.757 bits per heavy atom. The molecule has 0 aliphatic heterocycles. The lowest BCUT2D eigenvalue weighted by atomic mass is 9.99. The van der Waals surface area contributed by atoms with Gasteiger partial charge in [-0.3, -0.25) is 0 Å². The van der Waals surface area contributed by atoms with Crippen molar-refractivity contribution < 1.29 is 9.53 Å². The number of aryl methyl sites for hydroxylation is 1. The average Bonchev–Trinajstić information content (AvgIpc) is 2.93. The van der Waals surface area contributed by atoms with Crippen molar-refractivity contribution in [3.05, 3.63) is 77.6 Å². The Morgan fingerprint density at radius 3 is 1.95 bits per heavy atom.